The van der Waals surface area contributed by atoms with Crippen LogP contribution in [0.15, 0.2) is 12.5 Å². The van der Waals surface area contributed by atoms with E-state index < -0.39 is 51.7 Å². The first kappa shape index (κ1) is 99.1. The highest BCUT2D eigenvalue weighted by atomic mass is 31.2. The van der Waals surface area contributed by atoms with Gasteiger partial charge in [-0.3, -0.25) is 23.4 Å². The molecule has 0 spiro atoms. The average Bonchev–Trinajstić information content (AvgIpc) is 0.953. The molecule has 2 unspecified atom stereocenters. The van der Waals surface area contributed by atoms with Gasteiger partial charge in [0.15, 0.2) is 6.10 Å². The van der Waals surface area contributed by atoms with E-state index in [1.807, 2.05) is 0 Å². The normalized spacial score (nSPS) is 12.6. The Balaban J connectivity index is 3.90. The second kappa shape index (κ2) is 85.4. The van der Waals surface area contributed by atoms with Crippen molar-refractivity contribution in [1.29, 1.82) is 0 Å². The largest absolute Gasteiger partial charge is 0.472 e. The Hall–Kier alpha value is -3.86. The minimum absolute atomic E-state index is 0.0730. The summed E-state index contributed by atoms with van der Waals surface area (Å²) in [5, 5.41) is 151. The monoisotopic (exact) mass is 1560 g/mol. The third-order valence-electron chi connectivity index (χ3n) is 11.7. The molecule has 0 aromatic carbocycles. The fraction of sp³-hybridized carbons (Fsp3) is 0.894. The molecule has 55 nitrogen and oxygen atoms in total. The van der Waals surface area contributed by atoms with Gasteiger partial charge in [-0.15, -0.1) is 0 Å². The van der Waals surface area contributed by atoms with Crippen molar-refractivity contribution >= 4 is 25.7 Å². The van der Waals surface area contributed by atoms with Gasteiger partial charge in [-0.1, -0.05) is 194 Å². The summed E-state index contributed by atoms with van der Waals surface area (Å²) in [5.41, 5.74) is 4.88. The van der Waals surface area contributed by atoms with E-state index in [0.717, 1.165) is 57.4 Å². The minimum atomic E-state index is -4.73. The highest BCUT2D eigenvalue weighted by Crippen LogP contribution is 2.43. The lowest BCUT2D eigenvalue weighted by molar-refractivity contribution is -0.909. The number of unbranched alkanes of at least 4 members (excludes halogenated alkanes) is 28. The standard InChI is InChI=1S/C47H90NO54P/c1-3-5-7-9-11-13-15-17-19-21-23-25-27-29-31-34-46(50)55-42-44(60-47(51)35-32-30-28-26-24-22-20-18-16-14-12-10-8-6-4-2)43-59-103(52,53)58-38-33-36-45(49)54-40-41-57-62-64-66-68-70-72-74-76-78-80-82-84-86-88-90-92-94-96-98-100-102-101-99-97-95-93-91-89-87-85-83-81-79-77-75-73-71-69-67-65-63-61-56-39-37-48/h37,39,44H,3-36,38,40-43,48H2,1-2H3,(H,52,53)/b39-37-. The molecule has 0 fully saturated rings. The van der Waals surface area contributed by atoms with Crippen molar-refractivity contribution in [2.75, 3.05) is 33.0 Å². The Morgan fingerprint density at radius 3 is 0.874 bits per heavy atom. The maximum Gasteiger partial charge on any atom is 0.472 e. The molecule has 0 aliphatic heterocycles. The zero-order valence-electron chi connectivity index (χ0n) is 55.9. The Labute approximate surface area is 583 Å². The van der Waals surface area contributed by atoms with Gasteiger partial charge in [0.1, 0.15) is 26.1 Å². The molecule has 0 saturated carbocycles. The highest BCUT2D eigenvalue weighted by Gasteiger charge is 2.26. The SMILES string of the molecule is CCCCCCCCCCCCCCCCCC(=O)OCC(COP(=O)(O)OCCCC(=O)OCCOOOOOOOOOOOOOOOOOOOOOOOOOOOOOOOOOOOOOOOOOOOO/C=C\N)OC(=O)CCCCCCCCCCCCCCCCC. The molecule has 0 aromatic heterocycles. The second-order valence-corrected chi connectivity index (χ2v) is 20.7. The molecule has 3 N–H and O–H groups in total. The van der Waals surface area contributed by atoms with Crippen LogP contribution in [-0.2, 0) is 264 Å². The summed E-state index contributed by atoms with van der Waals surface area (Å²) in [6.07, 6.45) is 35.9. The van der Waals surface area contributed by atoms with Gasteiger partial charge in [-0.05, 0) is 59.6 Å². The maximum absolute atomic E-state index is 12.9. The van der Waals surface area contributed by atoms with E-state index in [4.69, 9.17) is 29.0 Å². The summed E-state index contributed by atoms with van der Waals surface area (Å²) >= 11 is 0. The smallest absolute Gasteiger partial charge is 0.463 e. The lowest BCUT2D eigenvalue weighted by atomic mass is 10.0. The molecule has 0 rings (SSSR count). The van der Waals surface area contributed by atoms with Crippen molar-refractivity contribution in [2.24, 2.45) is 5.73 Å². The van der Waals surface area contributed by atoms with Crippen molar-refractivity contribution in [1.82, 2.24) is 0 Å². The van der Waals surface area contributed by atoms with E-state index >= 15 is 0 Å². The number of ether oxygens (including phenoxy) is 3. The van der Waals surface area contributed by atoms with Gasteiger partial charge in [-0.25, -0.2) is 9.45 Å². The molecule has 612 valence electrons. The molecule has 0 amide bonds. The van der Waals surface area contributed by atoms with Crippen LogP contribution in [0.5, 0.6) is 0 Å². The highest BCUT2D eigenvalue weighted by molar-refractivity contribution is 7.47. The summed E-state index contributed by atoms with van der Waals surface area (Å²) in [4.78, 5) is 56.5. The molecular weight excluding hydrogens is 1470 g/mol. The number of esters is 3. The number of hydrogen-bond donors (Lipinski definition) is 2. The molecule has 103 heavy (non-hydrogen) atoms. The Kier molecular flexibility index (Phi) is 82.2. The van der Waals surface area contributed by atoms with Crippen LogP contribution in [0.2, 0.25) is 0 Å². The molecule has 0 aliphatic carbocycles. The summed E-state index contributed by atoms with van der Waals surface area (Å²) in [6.45, 7) is 2.28. The Morgan fingerprint density at radius 1 is 0.301 bits per heavy atom. The van der Waals surface area contributed by atoms with Gasteiger partial charge in [0, 0.05) is 197 Å². The van der Waals surface area contributed by atoms with Gasteiger partial charge >= 0.3 is 25.7 Å². The molecule has 0 radical (unpaired) electrons. The quantitative estimate of drug-likeness (QED) is 0.0109. The van der Waals surface area contributed by atoms with Crippen molar-refractivity contribution in [3.05, 3.63) is 12.5 Å². The van der Waals surface area contributed by atoms with Crippen LogP contribution >= 0.6 is 7.82 Å². The number of hydrogen-bond acceptors (Lipinski definition) is 54. The lowest BCUT2D eigenvalue weighted by Gasteiger charge is -2.20. The Morgan fingerprint density at radius 2 is 0.563 bits per heavy atom. The van der Waals surface area contributed by atoms with Gasteiger partial charge in [0.25, 0.3) is 0 Å². The van der Waals surface area contributed by atoms with E-state index in [1.54, 1.807) is 0 Å². The zero-order valence-corrected chi connectivity index (χ0v) is 56.8. The predicted octanol–water partition coefficient (Wildman–Crippen LogP) is 9.93. The first-order valence-electron chi connectivity index (χ1n) is 31.5. The number of phosphoric acid groups is 1. The summed E-state index contributed by atoms with van der Waals surface area (Å²) in [5.74, 6) is -1.80. The van der Waals surface area contributed by atoms with E-state index in [2.05, 4.69) is 235 Å². The molecule has 56 heteroatoms. The predicted molar refractivity (Wildman–Crippen MR) is 288 cm³/mol. The van der Waals surface area contributed by atoms with Crippen LogP contribution < -0.4 is 5.73 Å². The van der Waals surface area contributed by atoms with Gasteiger partial charge in [0.05, 0.1) is 13.2 Å². The first-order valence-corrected chi connectivity index (χ1v) is 33.0. The van der Waals surface area contributed by atoms with E-state index in [-0.39, 0.29) is 38.9 Å². The molecule has 0 heterocycles. The number of phosphoric ester groups is 1. The summed E-state index contributed by atoms with van der Waals surface area (Å²) in [6, 6.07) is 0. The van der Waals surface area contributed by atoms with Crippen molar-refractivity contribution < 1.29 is 268 Å². The zero-order chi connectivity index (χ0) is 74.4. The van der Waals surface area contributed by atoms with E-state index in [9.17, 15) is 23.8 Å². The second-order valence-electron chi connectivity index (χ2n) is 19.2. The van der Waals surface area contributed by atoms with Crippen LogP contribution in [0, 0.1) is 0 Å². The summed E-state index contributed by atoms with van der Waals surface area (Å²) < 4.78 is 38.7. The topological polar surface area (TPSA) is 567 Å². The van der Waals surface area contributed by atoms with Crippen molar-refractivity contribution in [2.45, 2.75) is 238 Å². The van der Waals surface area contributed by atoms with Crippen LogP contribution in [0.1, 0.15) is 232 Å². The third kappa shape index (κ3) is 85.3. The van der Waals surface area contributed by atoms with E-state index in [0.29, 0.717) is 12.8 Å². The molecule has 2 atom stereocenters. The van der Waals surface area contributed by atoms with Crippen molar-refractivity contribution in [3.8, 4) is 0 Å². The molecule has 0 saturated heterocycles. The van der Waals surface area contributed by atoms with Crippen LogP contribution in [0.3, 0.4) is 0 Å². The van der Waals surface area contributed by atoms with Crippen LogP contribution in [0.4, 0.5) is 0 Å². The van der Waals surface area contributed by atoms with Gasteiger partial charge < -0.3 is 29.7 Å². The number of carbonyl (C=O) groups is 3. The molecule has 0 aliphatic rings. The molecule has 0 aromatic rings. The lowest BCUT2D eigenvalue weighted by Crippen LogP contribution is -2.29. The average molecular weight is 1560 g/mol. The van der Waals surface area contributed by atoms with Gasteiger partial charge in [-0.2, -0.15) is 0 Å². The molecular formula is C47H90NO54P. The third-order valence-corrected chi connectivity index (χ3v) is 12.7. The van der Waals surface area contributed by atoms with Crippen LogP contribution in [-0.4, -0.2) is 61.9 Å². The van der Waals surface area contributed by atoms with E-state index in [1.165, 1.54) is 135 Å². The number of rotatable bonds is 90. The van der Waals surface area contributed by atoms with Gasteiger partial charge in [0.2, 0.25) is 0 Å². The maximum atomic E-state index is 12.9. The Bertz CT molecular complexity index is 1820. The fourth-order valence-corrected chi connectivity index (χ4v) is 8.14. The molecule has 0 bridgehead atoms. The van der Waals surface area contributed by atoms with Crippen molar-refractivity contribution in [3.63, 3.8) is 0 Å². The number of carbonyl (C=O) groups excluding carboxylic acids is 3. The fourth-order valence-electron chi connectivity index (χ4n) is 7.35. The summed E-state index contributed by atoms with van der Waals surface area (Å²) in [7, 11) is -4.73. The van der Waals surface area contributed by atoms with Crippen LogP contribution in [0.25, 0.3) is 0 Å². The minimum Gasteiger partial charge on any atom is -0.463 e. The number of nitrogens with two attached hydrogens (primary N) is 1. The first-order chi connectivity index (χ1) is 50.7.